The zero-order chi connectivity index (χ0) is 13.3. The second-order valence-corrected chi connectivity index (χ2v) is 6.52. The highest BCUT2D eigenvalue weighted by Gasteiger charge is 2.33. The third-order valence-corrected chi connectivity index (χ3v) is 4.60. The molecule has 1 heterocycles. The molecule has 0 spiro atoms. The molecule has 3 nitrogen and oxygen atoms in total. The number of rotatable bonds is 3. The van der Waals surface area contributed by atoms with Crippen LogP contribution in [0.3, 0.4) is 0 Å². The first-order valence-corrected chi connectivity index (χ1v) is 7.18. The van der Waals surface area contributed by atoms with Gasteiger partial charge in [-0.25, -0.2) is 0 Å². The predicted octanol–water partition coefficient (Wildman–Crippen LogP) is 2.81. The van der Waals surface area contributed by atoms with Gasteiger partial charge in [0.2, 0.25) is 0 Å². The third-order valence-electron chi connectivity index (χ3n) is 4.60. The Labute approximate surface area is 111 Å². The van der Waals surface area contributed by atoms with E-state index in [9.17, 15) is 0 Å². The fourth-order valence-electron chi connectivity index (χ4n) is 3.25. The average Bonchev–Trinajstić information content (AvgIpc) is 2.57. The van der Waals surface area contributed by atoms with Crippen LogP contribution in [0.5, 0.6) is 0 Å². The summed E-state index contributed by atoms with van der Waals surface area (Å²) < 4.78 is 1.98. The van der Waals surface area contributed by atoms with E-state index in [0.29, 0.717) is 0 Å². The van der Waals surface area contributed by atoms with Crippen molar-refractivity contribution in [3.05, 3.63) is 17.5 Å². The first-order valence-electron chi connectivity index (χ1n) is 7.18. The van der Waals surface area contributed by atoms with Gasteiger partial charge in [0.05, 0.1) is 5.69 Å². The largest absolute Gasteiger partial charge is 0.325 e. The predicted molar refractivity (Wildman–Crippen MR) is 75.4 cm³/mol. The van der Waals surface area contributed by atoms with Crippen LogP contribution in [0.2, 0.25) is 0 Å². The van der Waals surface area contributed by atoms with Crippen molar-refractivity contribution >= 4 is 0 Å². The molecule has 1 aliphatic carbocycles. The number of nitrogens with two attached hydrogens (primary N) is 1. The van der Waals surface area contributed by atoms with Gasteiger partial charge in [-0.3, -0.25) is 4.68 Å². The van der Waals surface area contributed by atoms with Gasteiger partial charge in [-0.05, 0) is 50.5 Å². The van der Waals surface area contributed by atoms with Gasteiger partial charge < -0.3 is 5.73 Å². The molecule has 1 aromatic rings. The van der Waals surface area contributed by atoms with Crippen molar-refractivity contribution < 1.29 is 0 Å². The van der Waals surface area contributed by atoms with Crippen molar-refractivity contribution in [2.24, 2.45) is 24.6 Å². The fraction of sp³-hybridized carbons (Fsp3) is 0.800. The molecule has 18 heavy (non-hydrogen) atoms. The highest BCUT2D eigenvalue weighted by molar-refractivity contribution is 5.13. The molecule has 1 aliphatic rings. The van der Waals surface area contributed by atoms with Gasteiger partial charge in [-0.15, -0.1) is 0 Å². The van der Waals surface area contributed by atoms with E-state index >= 15 is 0 Å². The van der Waals surface area contributed by atoms with E-state index < -0.39 is 0 Å². The van der Waals surface area contributed by atoms with Crippen LogP contribution < -0.4 is 5.73 Å². The van der Waals surface area contributed by atoms with Crippen LogP contribution >= 0.6 is 0 Å². The maximum atomic E-state index is 6.59. The lowest BCUT2D eigenvalue weighted by molar-refractivity contribution is 0.192. The first kappa shape index (κ1) is 13.6. The van der Waals surface area contributed by atoms with Gasteiger partial charge >= 0.3 is 0 Å². The molecule has 0 aromatic carbocycles. The molecule has 0 aliphatic heterocycles. The molecule has 3 heteroatoms. The van der Waals surface area contributed by atoms with Gasteiger partial charge in [0.1, 0.15) is 0 Å². The summed E-state index contributed by atoms with van der Waals surface area (Å²) in [6.45, 7) is 6.71. The Balaban J connectivity index is 1.99. The Bertz CT molecular complexity index is 398. The van der Waals surface area contributed by atoms with E-state index in [1.54, 1.807) is 0 Å². The van der Waals surface area contributed by atoms with Crippen molar-refractivity contribution in [2.45, 2.75) is 58.4 Å². The molecule has 2 N–H and O–H groups in total. The van der Waals surface area contributed by atoms with Crippen LogP contribution in [0.1, 0.15) is 50.9 Å². The molecule has 102 valence electrons. The molecule has 1 aromatic heterocycles. The summed E-state index contributed by atoms with van der Waals surface area (Å²) >= 11 is 0. The summed E-state index contributed by atoms with van der Waals surface area (Å²) in [6, 6.07) is 2.17. The molecule has 2 rings (SSSR count). The summed E-state index contributed by atoms with van der Waals surface area (Å²) in [5.74, 6) is 1.67. The zero-order valence-corrected chi connectivity index (χ0v) is 12.2. The summed E-state index contributed by atoms with van der Waals surface area (Å²) in [4.78, 5) is 0. The standard InChI is InChI=1S/C15H27N3/c1-11(2)13-5-7-15(16,8-6-13)10-14-9-12(3)17-18(14)4/h9,11,13H,5-8,10,16H2,1-4H3. The summed E-state index contributed by atoms with van der Waals surface area (Å²) in [6.07, 6.45) is 5.84. The van der Waals surface area contributed by atoms with Gasteiger partial charge in [0, 0.05) is 24.7 Å². The highest BCUT2D eigenvalue weighted by atomic mass is 15.3. The van der Waals surface area contributed by atoms with Crippen molar-refractivity contribution in [2.75, 3.05) is 0 Å². The molecular formula is C15H27N3. The van der Waals surface area contributed by atoms with Gasteiger partial charge in [-0.1, -0.05) is 13.8 Å². The number of hydrogen-bond donors (Lipinski definition) is 1. The lowest BCUT2D eigenvalue weighted by atomic mass is 9.71. The van der Waals surface area contributed by atoms with Crippen LogP contribution in [0.4, 0.5) is 0 Å². The Morgan fingerprint density at radius 1 is 1.44 bits per heavy atom. The quantitative estimate of drug-likeness (QED) is 0.895. The van der Waals surface area contributed by atoms with Gasteiger partial charge in [0.15, 0.2) is 0 Å². The number of aryl methyl sites for hydroxylation is 2. The van der Waals surface area contributed by atoms with Crippen molar-refractivity contribution in [1.82, 2.24) is 9.78 Å². The third kappa shape index (κ3) is 2.94. The minimum atomic E-state index is -0.00831. The van der Waals surface area contributed by atoms with E-state index in [0.717, 1.165) is 36.8 Å². The maximum absolute atomic E-state index is 6.59. The van der Waals surface area contributed by atoms with Crippen molar-refractivity contribution in [3.8, 4) is 0 Å². The zero-order valence-electron chi connectivity index (χ0n) is 12.2. The molecule has 1 saturated carbocycles. The second-order valence-electron chi connectivity index (χ2n) is 6.52. The maximum Gasteiger partial charge on any atom is 0.0596 e. The Hall–Kier alpha value is -0.830. The molecule has 0 atom stereocenters. The van der Waals surface area contributed by atoms with Gasteiger partial charge in [0.25, 0.3) is 0 Å². The van der Waals surface area contributed by atoms with Gasteiger partial charge in [-0.2, -0.15) is 5.10 Å². The SMILES string of the molecule is Cc1cc(CC2(N)CCC(C(C)C)CC2)n(C)n1. The topological polar surface area (TPSA) is 43.8 Å². The Morgan fingerprint density at radius 3 is 2.50 bits per heavy atom. The summed E-state index contributed by atoms with van der Waals surface area (Å²) in [7, 11) is 2.02. The number of nitrogens with zero attached hydrogens (tertiary/aromatic N) is 2. The van der Waals surface area contributed by atoms with E-state index in [1.165, 1.54) is 18.5 Å². The molecular weight excluding hydrogens is 222 g/mol. The second kappa shape index (κ2) is 5.04. The van der Waals surface area contributed by atoms with Crippen molar-refractivity contribution in [3.63, 3.8) is 0 Å². The van der Waals surface area contributed by atoms with E-state index in [2.05, 4.69) is 25.0 Å². The van der Waals surface area contributed by atoms with Crippen LogP contribution in [-0.4, -0.2) is 15.3 Å². The molecule has 0 radical (unpaired) electrons. The Kier molecular flexibility index (Phi) is 3.81. The molecule has 1 fully saturated rings. The van der Waals surface area contributed by atoms with Crippen LogP contribution in [0.15, 0.2) is 6.07 Å². The minimum Gasteiger partial charge on any atom is -0.325 e. The van der Waals surface area contributed by atoms with Crippen molar-refractivity contribution in [1.29, 1.82) is 0 Å². The normalized spacial score (nSPS) is 28.9. The Morgan fingerprint density at radius 2 is 2.06 bits per heavy atom. The van der Waals surface area contributed by atoms with E-state index in [1.807, 2.05) is 18.7 Å². The minimum absolute atomic E-state index is 0.00831. The lowest BCUT2D eigenvalue weighted by Gasteiger charge is -2.38. The van der Waals surface area contributed by atoms with Crippen LogP contribution in [0, 0.1) is 18.8 Å². The highest BCUT2D eigenvalue weighted by Crippen LogP contribution is 2.36. The smallest absolute Gasteiger partial charge is 0.0596 e. The van der Waals surface area contributed by atoms with Crippen LogP contribution in [-0.2, 0) is 13.5 Å². The molecule has 0 saturated heterocycles. The monoisotopic (exact) mass is 249 g/mol. The molecule has 0 bridgehead atoms. The number of aromatic nitrogens is 2. The lowest BCUT2D eigenvalue weighted by Crippen LogP contribution is -2.46. The van der Waals surface area contributed by atoms with Crippen LogP contribution in [0.25, 0.3) is 0 Å². The average molecular weight is 249 g/mol. The fourth-order valence-corrected chi connectivity index (χ4v) is 3.25. The summed E-state index contributed by atoms with van der Waals surface area (Å²) in [5, 5.41) is 4.41. The molecule has 0 amide bonds. The summed E-state index contributed by atoms with van der Waals surface area (Å²) in [5.41, 5.74) is 8.95. The van der Waals surface area contributed by atoms with E-state index in [-0.39, 0.29) is 5.54 Å². The molecule has 0 unspecified atom stereocenters. The number of hydrogen-bond acceptors (Lipinski definition) is 2. The van der Waals surface area contributed by atoms with E-state index in [4.69, 9.17) is 5.73 Å². The first-order chi connectivity index (χ1) is 8.39.